The second kappa shape index (κ2) is 11.4. The van der Waals surface area contributed by atoms with Crippen LogP contribution < -0.4 is 9.46 Å². The van der Waals surface area contributed by atoms with Gasteiger partial charge in [-0.3, -0.25) is 9.69 Å². The Hall–Kier alpha value is -1.94. The third-order valence-electron chi connectivity index (χ3n) is 7.13. The van der Waals surface area contributed by atoms with E-state index >= 15 is 0 Å². The lowest BCUT2D eigenvalue weighted by atomic mass is 9.95. The van der Waals surface area contributed by atoms with Gasteiger partial charge in [-0.1, -0.05) is 23.2 Å². The van der Waals surface area contributed by atoms with Crippen molar-refractivity contribution in [2.45, 2.75) is 51.5 Å². The molecular formula is C26H30Cl2F2N2O4S. The third kappa shape index (κ3) is 6.74. The molecule has 0 radical (unpaired) electrons. The molecule has 2 aromatic rings. The van der Waals surface area contributed by atoms with Gasteiger partial charge in [0.2, 0.25) is 10.0 Å². The highest BCUT2D eigenvalue weighted by Gasteiger charge is 2.31. The number of nitrogens with zero attached hydrogens (tertiary/aromatic N) is 1. The second-order valence-electron chi connectivity index (χ2n) is 9.74. The van der Waals surface area contributed by atoms with Crippen molar-refractivity contribution in [1.82, 2.24) is 9.62 Å². The number of piperidine rings is 1. The summed E-state index contributed by atoms with van der Waals surface area (Å²) in [5.74, 6) is -1.77. The van der Waals surface area contributed by atoms with E-state index in [4.69, 9.17) is 27.9 Å². The van der Waals surface area contributed by atoms with Crippen LogP contribution in [0.2, 0.25) is 10.0 Å². The number of likely N-dealkylation sites (tertiary alicyclic amines) is 1. The summed E-state index contributed by atoms with van der Waals surface area (Å²) < 4.78 is 60.8. The summed E-state index contributed by atoms with van der Waals surface area (Å²) in [6, 6.07) is 5.41. The molecule has 1 N–H and O–H groups in total. The Morgan fingerprint density at radius 1 is 1.14 bits per heavy atom. The molecular weight excluding hydrogens is 545 g/mol. The normalized spacial score (nSPS) is 18.0. The van der Waals surface area contributed by atoms with E-state index in [1.807, 2.05) is 11.6 Å². The van der Waals surface area contributed by atoms with E-state index in [-0.39, 0.29) is 34.2 Å². The van der Waals surface area contributed by atoms with Crippen molar-refractivity contribution in [1.29, 1.82) is 0 Å². The second-order valence-corrected chi connectivity index (χ2v) is 12.6. The number of halogens is 4. The molecule has 202 valence electrons. The Kier molecular flexibility index (Phi) is 8.68. The van der Waals surface area contributed by atoms with Gasteiger partial charge in [0.1, 0.15) is 17.4 Å². The molecule has 6 nitrogen and oxygen atoms in total. The Bertz CT molecular complexity index is 1280. The standard InChI is InChI=1S/C26H30Cl2F2N2O4S/c1-3-37(34,35)31-26(33)21-12-20(17-4-5-17)24(13-23(21)29)36-14-16-6-8-32(9-7-16)15(2)19-10-18(27)11-22(28)25(19)30/h10-13,15-17H,3-9,14H2,1-2H3,(H,31,33). The minimum absolute atomic E-state index is 0.00632. The minimum atomic E-state index is -3.81. The van der Waals surface area contributed by atoms with Crippen LogP contribution in [0.3, 0.4) is 0 Å². The van der Waals surface area contributed by atoms with Crippen molar-refractivity contribution in [3.63, 3.8) is 0 Å². The Balaban J connectivity index is 1.39. The van der Waals surface area contributed by atoms with Gasteiger partial charge in [0.15, 0.2) is 0 Å². The molecule has 1 aliphatic heterocycles. The zero-order valence-corrected chi connectivity index (χ0v) is 23.0. The number of amides is 1. The number of carbonyl (C=O) groups is 1. The molecule has 1 saturated carbocycles. The molecule has 1 heterocycles. The van der Waals surface area contributed by atoms with Gasteiger partial charge < -0.3 is 4.74 Å². The number of nitrogens with one attached hydrogen (secondary N) is 1. The van der Waals surface area contributed by atoms with Gasteiger partial charge in [0, 0.05) is 22.7 Å². The zero-order valence-electron chi connectivity index (χ0n) is 20.7. The lowest BCUT2D eigenvalue weighted by molar-refractivity contribution is 0.0977. The van der Waals surface area contributed by atoms with Crippen molar-refractivity contribution < 1.29 is 26.7 Å². The number of ether oxygens (including phenoxy) is 1. The maximum absolute atomic E-state index is 14.8. The van der Waals surface area contributed by atoms with E-state index in [9.17, 15) is 22.0 Å². The van der Waals surface area contributed by atoms with Crippen LogP contribution in [0.1, 0.15) is 73.0 Å². The van der Waals surface area contributed by atoms with Gasteiger partial charge in [0.25, 0.3) is 5.91 Å². The Morgan fingerprint density at radius 3 is 2.43 bits per heavy atom. The monoisotopic (exact) mass is 574 g/mol. The van der Waals surface area contributed by atoms with E-state index in [1.165, 1.54) is 25.1 Å². The summed E-state index contributed by atoms with van der Waals surface area (Å²) >= 11 is 12.0. The fourth-order valence-corrected chi connectivity index (χ4v) is 5.69. The number of benzene rings is 2. The first-order valence-corrected chi connectivity index (χ1v) is 14.8. The molecule has 1 unspecified atom stereocenters. The molecule has 2 aromatic carbocycles. The number of hydrogen-bond donors (Lipinski definition) is 1. The fraction of sp³-hybridized carbons (Fsp3) is 0.500. The molecule has 1 saturated heterocycles. The number of rotatable bonds is 9. The summed E-state index contributed by atoms with van der Waals surface area (Å²) in [5.41, 5.74) is 0.884. The predicted molar refractivity (Wildman–Crippen MR) is 140 cm³/mol. The quantitative estimate of drug-likeness (QED) is 0.367. The van der Waals surface area contributed by atoms with Crippen LogP contribution in [0.4, 0.5) is 8.78 Å². The highest BCUT2D eigenvalue weighted by molar-refractivity contribution is 7.90. The average molecular weight is 576 g/mol. The van der Waals surface area contributed by atoms with Gasteiger partial charge >= 0.3 is 0 Å². The van der Waals surface area contributed by atoms with Crippen molar-refractivity contribution >= 4 is 39.1 Å². The van der Waals surface area contributed by atoms with E-state index in [2.05, 4.69) is 4.90 Å². The molecule has 2 fully saturated rings. The molecule has 1 atom stereocenters. The van der Waals surface area contributed by atoms with Gasteiger partial charge in [-0.15, -0.1) is 0 Å². The Labute approximate surface area is 226 Å². The van der Waals surface area contributed by atoms with Gasteiger partial charge in [-0.2, -0.15) is 0 Å². The Morgan fingerprint density at radius 2 is 1.81 bits per heavy atom. The first-order chi connectivity index (χ1) is 17.5. The summed E-state index contributed by atoms with van der Waals surface area (Å²) in [6.07, 6.45) is 3.43. The molecule has 0 spiro atoms. The van der Waals surface area contributed by atoms with Crippen molar-refractivity contribution in [3.8, 4) is 5.75 Å². The van der Waals surface area contributed by atoms with Crippen LogP contribution in [-0.2, 0) is 10.0 Å². The summed E-state index contributed by atoms with van der Waals surface area (Å²) in [7, 11) is -3.81. The molecule has 0 aromatic heterocycles. The van der Waals surface area contributed by atoms with E-state index in [1.54, 1.807) is 6.07 Å². The van der Waals surface area contributed by atoms with Gasteiger partial charge in [-0.25, -0.2) is 21.9 Å². The molecule has 4 rings (SSSR count). The third-order valence-corrected chi connectivity index (χ3v) is 8.88. The van der Waals surface area contributed by atoms with Gasteiger partial charge in [-0.05, 0) is 88.2 Å². The maximum atomic E-state index is 14.8. The lowest BCUT2D eigenvalue weighted by Gasteiger charge is -2.36. The molecule has 37 heavy (non-hydrogen) atoms. The number of sulfonamides is 1. The van der Waals surface area contributed by atoms with E-state index in [0.29, 0.717) is 22.9 Å². The molecule has 1 aliphatic carbocycles. The predicted octanol–water partition coefficient (Wildman–Crippen LogP) is 6.08. The lowest BCUT2D eigenvalue weighted by Crippen LogP contribution is -2.37. The van der Waals surface area contributed by atoms with E-state index < -0.39 is 27.6 Å². The zero-order chi connectivity index (χ0) is 26.9. The smallest absolute Gasteiger partial charge is 0.267 e. The van der Waals surface area contributed by atoms with E-state index in [0.717, 1.165) is 44.3 Å². The first kappa shape index (κ1) is 28.1. The summed E-state index contributed by atoms with van der Waals surface area (Å²) in [5, 5.41) is 0.401. The highest BCUT2D eigenvalue weighted by atomic mass is 35.5. The SMILES string of the molecule is CCS(=O)(=O)NC(=O)c1cc(C2CC2)c(OCC2CCN(C(C)c3cc(Cl)cc(Cl)c3F)CC2)cc1F. The van der Waals surface area contributed by atoms with Crippen molar-refractivity contribution in [3.05, 3.63) is 62.6 Å². The molecule has 0 bridgehead atoms. The molecule has 1 amide bonds. The van der Waals surface area contributed by atoms with Crippen LogP contribution in [0.15, 0.2) is 24.3 Å². The van der Waals surface area contributed by atoms with Crippen LogP contribution in [0, 0.1) is 17.6 Å². The first-order valence-electron chi connectivity index (χ1n) is 12.4. The van der Waals surface area contributed by atoms with Crippen molar-refractivity contribution in [2.24, 2.45) is 5.92 Å². The average Bonchev–Trinajstić information content (AvgIpc) is 3.70. The topological polar surface area (TPSA) is 75.7 Å². The fourth-order valence-electron chi connectivity index (χ4n) is 4.64. The largest absolute Gasteiger partial charge is 0.493 e. The maximum Gasteiger partial charge on any atom is 0.267 e. The van der Waals surface area contributed by atoms with Crippen LogP contribution >= 0.6 is 23.2 Å². The minimum Gasteiger partial charge on any atom is -0.493 e. The number of hydrogen-bond acceptors (Lipinski definition) is 5. The van der Waals surface area contributed by atoms with Crippen LogP contribution in [0.25, 0.3) is 0 Å². The van der Waals surface area contributed by atoms with Crippen LogP contribution in [0.5, 0.6) is 5.75 Å². The molecule has 2 aliphatic rings. The van der Waals surface area contributed by atoms with Crippen molar-refractivity contribution in [2.75, 3.05) is 25.4 Å². The summed E-state index contributed by atoms with van der Waals surface area (Å²) in [4.78, 5) is 14.6. The summed E-state index contributed by atoms with van der Waals surface area (Å²) in [6.45, 7) is 5.17. The number of carbonyl (C=O) groups excluding carboxylic acids is 1. The molecule has 11 heteroatoms. The van der Waals surface area contributed by atoms with Crippen LogP contribution in [-0.4, -0.2) is 44.7 Å². The van der Waals surface area contributed by atoms with Gasteiger partial charge in [0.05, 0.1) is 22.9 Å². The highest BCUT2D eigenvalue weighted by Crippen LogP contribution is 2.45.